The molecular formula is C26H34N8O2. The summed E-state index contributed by atoms with van der Waals surface area (Å²) < 4.78 is 1.74. The zero-order chi connectivity index (χ0) is 25.5. The van der Waals surface area contributed by atoms with Crippen LogP contribution in [0.25, 0.3) is 5.95 Å². The summed E-state index contributed by atoms with van der Waals surface area (Å²) in [5.41, 5.74) is 2.23. The summed E-state index contributed by atoms with van der Waals surface area (Å²) in [4.78, 5) is 42.9. The summed E-state index contributed by atoms with van der Waals surface area (Å²) in [6, 6.07) is 9.54. The van der Waals surface area contributed by atoms with Crippen molar-refractivity contribution in [3.05, 3.63) is 66.4 Å². The number of benzene rings is 1. The Bertz CT molecular complexity index is 1150. The molecule has 4 rings (SSSR count). The number of nitrogens with zero attached hydrogens (tertiary/aromatic N) is 6. The first kappa shape index (κ1) is 25.2. The van der Waals surface area contributed by atoms with Gasteiger partial charge in [-0.15, -0.1) is 0 Å². The molecule has 0 radical (unpaired) electrons. The average molecular weight is 491 g/mol. The predicted molar refractivity (Wildman–Crippen MR) is 138 cm³/mol. The predicted octanol–water partition coefficient (Wildman–Crippen LogP) is 2.85. The van der Waals surface area contributed by atoms with E-state index in [0.29, 0.717) is 37.9 Å². The van der Waals surface area contributed by atoms with Gasteiger partial charge in [-0.2, -0.15) is 4.98 Å². The fourth-order valence-electron chi connectivity index (χ4n) is 4.31. The van der Waals surface area contributed by atoms with Crippen LogP contribution in [0.5, 0.6) is 0 Å². The Morgan fingerprint density at radius 1 is 1.14 bits per heavy atom. The van der Waals surface area contributed by atoms with Gasteiger partial charge in [0.2, 0.25) is 11.9 Å². The number of carbonyl (C=O) groups is 2. The van der Waals surface area contributed by atoms with Crippen molar-refractivity contribution in [3.8, 4) is 5.95 Å². The molecule has 1 saturated heterocycles. The molecule has 2 N–H and O–H groups in total. The third-order valence-corrected chi connectivity index (χ3v) is 6.33. The zero-order valence-corrected chi connectivity index (χ0v) is 21.1. The van der Waals surface area contributed by atoms with Crippen LogP contribution in [0.3, 0.4) is 0 Å². The van der Waals surface area contributed by atoms with Crippen molar-refractivity contribution in [1.82, 2.24) is 35.1 Å². The highest BCUT2D eigenvalue weighted by Crippen LogP contribution is 2.22. The van der Waals surface area contributed by atoms with Gasteiger partial charge in [0.15, 0.2) is 0 Å². The molecule has 1 aliphatic heterocycles. The normalized spacial score (nSPS) is 16.5. The molecular weight excluding hydrogens is 456 g/mol. The van der Waals surface area contributed by atoms with Crippen molar-refractivity contribution < 1.29 is 9.59 Å². The average Bonchev–Trinajstić information content (AvgIpc) is 3.43. The van der Waals surface area contributed by atoms with E-state index in [9.17, 15) is 9.59 Å². The van der Waals surface area contributed by atoms with E-state index in [1.807, 2.05) is 51.1 Å². The number of rotatable bonds is 8. The number of amides is 3. The van der Waals surface area contributed by atoms with Crippen molar-refractivity contribution in [1.29, 1.82) is 0 Å². The molecule has 0 aliphatic carbocycles. The smallest absolute Gasteiger partial charge is 0.317 e. The quantitative estimate of drug-likeness (QED) is 0.503. The van der Waals surface area contributed by atoms with Crippen LogP contribution >= 0.6 is 0 Å². The Morgan fingerprint density at radius 2 is 1.94 bits per heavy atom. The molecule has 1 fully saturated rings. The molecule has 2 atom stereocenters. The van der Waals surface area contributed by atoms with Crippen molar-refractivity contribution in [2.45, 2.75) is 45.7 Å². The molecule has 3 heterocycles. The number of hydrogen-bond donors (Lipinski definition) is 2. The summed E-state index contributed by atoms with van der Waals surface area (Å²) in [5.74, 6) is 1.15. The molecule has 3 aromatic rings. The van der Waals surface area contributed by atoms with Gasteiger partial charge in [-0.3, -0.25) is 9.36 Å². The van der Waals surface area contributed by atoms with E-state index >= 15 is 0 Å². The molecule has 1 aliphatic rings. The Balaban J connectivity index is 1.51. The van der Waals surface area contributed by atoms with Crippen LogP contribution in [0.1, 0.15) is 43.9 Å². The van der Waals surface area contributed by atoms with E-state index in [2.05, 4.69) is 25.5 Å². The van der Waals surface area contributed by atoms with Gasteiger partial charge in [-0.1, -0.05) is 36.8 Å². The van der Waals surface area contributed by atoms with Crippen LogP contribution < -0.4 is 15.5 Å². The second-order valence-electron chi connectivity index (χ2n) is 9.11. The molecule has 0 saturated carbocycles. The number of aryl methyl sites for hydroxylation is 1. The summed E-state index contributed by atoms with van der Waals surface area (Å²) in [7, 11) is 0. The van der Waals surface area contributed by atoms with Crippen molar-refractivity contribution in [3.63, 3.8) is 0 Å². The zero-order valence-electron chi connectivity index (χ0n) is 21.1. The maximum absolute atomic E-state index is 13.1. The van der Waals surface area contributed by atoms with Gasteiger partial charge >= 0.3 is 6.03 Å². The monoisotopic (exact) mass is 490 g/mol. The lowest BCUT2D eigenvalue weighted by Gasteiger charge is -2.42. The van der Waals surface area contributed by atoms with E-state index in [0.717, 1.165) is 12.0 Å². The lowest BCUT2D eigenvalue weighted by molar-refractivity contribution is -0.122. The Kier molecular flexibility index (Phi) is 8.14. The number of imidazole rings is 1. The van der Waals surface area contributed by atoms with Gasteiger partial charge in [0.05, 0.1) is 12.1 Å². The van der Waals surface area contributed by atoms with Crippen molar-refractivity contribution in [2.75, 3.05) is 31.1 Å². The van der Waals surface area contributed by atoms with E-state index in [4.69, 9.17) is 4.98 Å². The minimum absolute atomic E-state index is 0.0715. The highest BCUT2D eigenvalue weighted by Gasteiger charge is 2.32. The number of anilines is 1. The number of urea groups is 1. The first-order valence-electron chi connectivity index (χ1n) is 12.4. The molecule has 1 aromatic carbocycles. The fourth-order valence-corrected chi connectivity index (χ4v) is 4.31. The Labute approximate surface area is 211 Å². The molecule has 0 spiro atoms. The molecule has 0 bridgehead atoms. The maximum atomic E-state index is 13.1. The van der Waals surface area contributed by atoms with Crippen LogP contribution in [0.15, 0.2) is 55.2 Å². The highest BCUT2D eigenvalue weighted by molar-refractivity contribution is 5.78. The van der Waals surface area contributed by atoms with Gasteiger partial charge < -0.3 is 20.4 Å². The molecule has 10 nitrogen and oxygen atoms in total. The van der Waals surface area contributed by atoms with E-state index < -0.39 is 0 Å². The fraction of sp³-hybridized carbons (Fsp3) is 0.423. The Hall–Kier alpha value is -3.95. The molecule has 2 unspecified atom stereocenters. The summed E-state index contributed by atoms with van der Waals surface area (Å²) in [6.45, 7) is 8.19. The summed E-state index contributed by atoms with van der Waals surface area (Å²) >= 11 is 0. The van der Waals surface area contributed by atoms with Gasteiger partial charge in [-0.05, 0) is 31.9 Å². The number of carbonyl (C=O) groups excluding carboxylic acids is 2. The summed E-state index contributed by atoms with van der Waals surface area (Å²) in [5, 5.41) is 6.07. The van der Waals surface area contributed by atoms with E-state index in [1.165, 1.54) is 5.56 Å². The lowest BCUT2D eigenvalue weighted by atomic mass is 10.0. The SMILES string of the molecule is CCCNC(=O)N1CCN(c2ccnc(-n3ccnc3)n2)C(CC(=O)NC(C)c2ccc(C)cc2)C1. The molecule has 2 aromatic heterocycles. The van der Waals surface area contributed by atoms with Gasteiger partial charge in [0.1, 0.15) is 12.1 Å². The van der Waals surface area contributed by atoms with E-state index in [-0.39, 0.29) is 30.4 Å². The van der Waals surface area contributed by atoms with Gasteiger partial charge in [0, 0.05) is 51.2 Å². The highest BCUT2D eigenvalue weighted by atomic mass is 16.2. The lowest BCUT2D eigenvalue weighted by Crippen LogP contribution is -2.58. The first-order chi connectivity index (χ1) is 17.4. The number of nitrogens with one attached hydrogen (secondary N) is 2. The molecule has 10 heteroatoms. The number of aromatic nitrogens is 4. The van der Waals surface area contributed by atoms with Gasteiger partial charge in [0.25, 0.3) is 0 Å². The van der Waals surface area contributed by atoms with Crippen LogP contribution in [0.2, 0.25) is 0 Å². The van der Waals surface area contributed by atoms with Crippen LogP contribution in [-0.4, -0.2) is 68.6 Å². The van der Waals surface area contributed by atoms with Crippen molar-refractivity contribution >= 4 is 17.8 Å². The standard InChI is InChI=1S/C26H34N8O2/c1-4-10-29-26(36)32-14-15-34(23-9-11-28-25(31-23)33-13-12-27-18-33)22(17-32)16-24(35)30-20(3)21-7-5-19(2)6-8-21/h5-9,11-13,18,20,22H,4,10,14-17H2,1-3H3,(H,29,36)(H,30,35). The van der Waals surface area contributed by atoms with Crippen LogP contribution in [0.4, 0.5) is 10.6 Å². The topological polar surface area (TPSA) is 108 Å². The largest absolute Gasteiger partial charge is 0.350 e. The van der Waals surface area contributed by atoms with Crippen LogP contribution in [-0.2, 0) is 4.79 Å². The third kappa shape index (κ3) is 6.18. The van der Waals surface area contributed by atoms with Crippen LogP contribution in [0, 0.1) is 6.92 Å². The third-order valence-electron chi connectivity index (χ3n) is 6.33. The molecule has 3 amide bonds. The second-order valence-corrected chi connectivity index (χ2v) is 9.11. The molecule has 36 heavy (non-hydrogen) atoms. The van der Waals surface area contributed by atoms with Crippen molar-refractivity contribution in [2.24, 2.45) is 0 Å². The first-order valence-corrected chi connectivity index (χ1v) is 12.4. The molecule has 190 valence electrons. The van der Waals surface area contributed by atoms with E-state index in [1.54, 1.807) is 34.4 Å². The Morgan fingerprint density at radius 3 is 2.67 bits per heavy atom. The van der Waals surface area contributed by atoms with Gasteiger partial charge in [-0.25, -0.2) is 14.8 Å². The minimum Gasteiger partial charge on any atom is -0.350 e. The second kappa shape index (κ2) is 11.7. The number of hydrogen-bond acceptors (Lipinski definition) is 6. The summed E-state index contributed by atoms with van der Waals surface area (Å²) in [6.07, 6.45) is 7.91. The number of piperazine rings is 1. The minimum atomic E-state index is -0.234. The maximum Gasteiger partial charge on any atom is 0.317 e.